The fourth-order valence-electron chi connectivity index (χ4n) is 3.17. The molecule has 0 bridgehead atoms. The summed E-state index contributed by atoms with van der Waals surface area (Å²) in [6.07, 6.45) is 0. The predicted octanol–water partition coefficient (Wildman–Crippen LogP) is 3.88. The van der Waals surface area contributed by atoms with Crippen LogP contribution in [0.25, 0.3) is 0 Å². The third kappa shape index (κ3) is 5.98. The molecule has 0 unspecified atom stereocenters. The molecule has 32 heavy (non-hydrogen) atoms. The van der Waals surface area contributed by atoms with Gasteiger partial charge >= 0.3 is 0 Å². The first kappa shape index (κ1) is 23.6. The van der Waals surface area contributed by atoms with Gasteiger partial charge in [0, 0.05) is 47.4 Å². The standard InChI is InChI=1S/C22H29N7O2S/c1-13(2)29(10-11-30)21-15(4)20(24-19-12-14(3)27-28-19)25-22(26-21)32-18-8-6-17(7-9-18)23-16(5)31/h6-9,12-13,30H,10-11H2,1-5H3,(H,23,31)(H2,24,25,26,27,28). The van der Waals surface area contributed by atoms with E-state index in [1.165, 1.54) is 18.7 Å². The Morgan fingerprint density at radius 1 is 1.22 bits per heavy atom. The number of nitrogens with zero attached hydrogens (tertiary/aromatic N) is 4. The molecule has 0 radical (unpaired) electrons. The molecular formula is C22H29N7O2S. The fraction of sp³-hybridized carbons (Fsp3) is 0.364. The van der Waals surface area contributed by atoms with Crippen molar-refractivity contribution in [2.24, 2.45) is 0 Å². The molecule has 3 rings (SSSR count). The van der Waals surface area contributed by atoms with Crippen LogP contribution in [0.5, 0.6) is 0 Å². The normalized spacial score (nSPS) is 11.0. The van der Waals surface area contributed by atoms with Crippen LogP contribution in [0.15, 0.2) is 40.4 Å². The fourth-order valence-corrected chi connectivity index (χ4v) is 3.92. The van der Waals surface area contributed by atoms with Gasteiger partial charge in [0.25, 0.3) is 0 Å². The molecular weight excluding hydrogens is 426 g/mol. The van der Waals surface area contributed by atoms with E-state index in [9.17, 15) is 9.90 Å². The minimum Gasteiger partial charge on any atom is -0.395 e. The molecule has 0 saturated heterocycles. The zero-order chi connectivity index (χ0) is 23.3. The summed E-state index contributed by atoms with van der Waals surface area (Å²) in [4.78, 5) is 23.8. The van der Waals surface area contributed by atoms with Gasteiger partial charge in [-0.3, -0.25) is 9.89 Å². The van der Waals surface area contributed by atoms with Crippen molar-refractivity contribution < 1.29 is 9.90 Å². The number of benzene rings is 1. The Hall–Kier alpha value is -3.11. The average molecular weight is 456 g/mol. The van der Waals surface area contributed by atoms with E-state index >= 15 is 0 Å². The molecule has 1 amide bonds. The monoisotopic (exact) mass is 455 g/mol. The van der Waals surface area contributed by atoms with Crippen molar-refractivity contribution in [3.05, 3.63) is 41.6 Å². The number of nitrogens with one attached hydrogen (secondary N) is 3. The molecule has 2 heterocycles. The lowest BCUT2D eigenvalue weighted by atomic mass is 10.2. The minimum atomic E-state index is -0.112. The summed E-state index contributed by atoms with van der Waals surface area (Å²) < 4.78 is 0. The molecule has 10 heteroatoms. The highest BCUT2D eigenvalue weighted by molar-refractivity contribution is 7.99. The summed E-state index contributed by atoms with van der Waals surface area (Å²) in [6.45, 7) is 9.99. The van der Waals surface area contributed by atoms with Gasteiger partial charge in [0.15, 0.2) is 11.0 Å². The number of hydrogen-bond acceptors (Lipinski definition) is 8. The first-order chi connectivity index (χ1) is 15.3. The number of carbonyl (C=O) groups excluding carboxylic acids is 1. The lowest BCUT2D eigenvalue weighted by molar-refractivity contribution is -0.114. The number of rotatable bonds is 9. The summed E-state index contributed by atoms with van der Waals surface area (Å²) in [5.41, 5.74) is 2.55. The average Bonchev–Trinajstić information content (AvgIpc) is 3.14. The second-order valence-electron chi connectivity index (χ2n) is 7.68. The Bertz CT molecular complexity index is 1070. The topological polar surface area (TPSA) is 119 Å². The molecule has 0 aliphatic rings. The summed E-state index contributed by atoms with van der Waals surface area (Å²) in [5, 5.41) is 23.4. The van der Waals surface area contributed by atoms with Gasteiger partial charge in [-0.1, -0.05) is 0 Å². The Labute approximate surface area is 192 Å². The molecule has 0 aliphatic heterocycles. The van der Waals surface area contributed by atoms with Gasteiger partial charge in [0.2, 0.25) is 5.91 Å². The molecule has 4 N–H and O–H groups in total. The van der Waals surface area contributed by atoms with Crippen molar-refractivity contribution >= 4 is 40.8 Å². The highest BCUT2D eigenvalue weighted by Gasteiger charge is 2.20. The number of aryl methyl sites for hydroxylation is 1. The van der Waals surface area contributed by atoms with Crippen molar-refractivity contribution in [1.82, 2.24) is 20.2 Å². The summed E-state index contributed by atoms with van der Waals surface area (Å²) >= 11 is 1.42. The molecule has 1 aromatic carbocycles. The molecule has 0 atom stereocenters. The van der Waals surface area contributed by atoms with Crippen molar-refractivity contribution in [3.8, 4) is 0 Å². The zero-order valence-electron chi connectivity index (χ0n) is 18.9. The number of carbonyl (C=O) groups is 1. The van der Waals surface area contributed by atoms with E-state index in [2.05, 4.69) is 39.6 Å². The van der Waals surface area contributed by atoms with Gasteiger partial charge in [-0.05, 0) is 63.7 Å². The van der Waals surface area contributed by atoms with Crippen molar-refractivity contribution in [1.29, 1.82) is 0 Å². The molecule has 0 saturated carbocycles. The van der Waals surface area contributed by atoms with Crippen LogP contribution in [-0.2, 0) is 4.79 Å². The van der Waals surface area contributed by atoms with E-state index in [4.69, 9.17) is 9.97 Å². The summed E-state index contributed by atoms with van der Waals surface area (Å²) in [5.74, 6) is 1.97. The van der Waals surface area contributed by atoms with Crippen LogP contribution in [0, 0.1) is 13.8 Å². The van der Waals surface area contributed by atoms with Crippen molar-refractivity contribution in [2.75, 3.05) is 28.7 Å². The van der Waals surface area contributed by atoms with Crippen LogP contribution >= 0.6 is 11.8 Å². The SMILES string of the molecule is CC(=O)Nc1ccc(Sc2nc(Nc3cc(C)[nH]n3)c(C)c(N(CCO)C(C)C)n2)cc1. The molecule has 170 valence electrons. The van der Waals surface area contributed by atoms with Crippen LogP contribution in [-0.4, -0.2) is 50.4 Å². The molecule has 0 fully saturated rings. The number of anilines is 4. The number of aromatic amines is 1. The third-order valence-corrected chi connectivity index (χ3v) is 5.55. The lowest BCUT2D eigenvalue weighted by Gasteiger charge is -2.29. The smallest absolute Gasteiger partial charge is 0.221 e. The van der Waals surface area contributed by atoms with Crippen LogP contribution in [0.3, 0.4) is 0 Å². The van der Waals surface area contributed by atoms with E-state index < -0.39 is 0 Å². The maximum absolute atomic E-state index is 11.2. The van der Waals surface area contributed by atoms with E-state index in [0.29, 0.717) is 23.3 Å². The molecule has 3 aromatic rings. The van der Waals surface area contributed by atoms with Gasteiger partial charge in [-0.2, -0.15) is 5.10 Å². The molecule has 2 aromatic heterocycles. The van der Waals surface area contributed by atoms with Crippen molar-refractivity contribution in [2.45, 2.75) is 50.7 Å². The first-order valence-electron chi connectivity index (χ1n) is 10.4. The van der Waals surface area contributed by atoms with Crippen LogP contribution < -0.4 is 15.5 Å². The second-order valence-corrected chi connectivity index (χ2v) is 8.72. The maximum Gasteiger partial charge on any atom is 0.221 e. The summed E-state index contributed by atoms with van der Waals surface area (Å²) in [7, 11) is 0. The van der Waals surface area contributed by atoms with Gasteiger partial charge in [0.1, 0.15) is 11.6 Å². The lowest BCUT2D eigenvalue weighted by Crippen LogP contribution is -2.35. The molecule has 0 spiro atoms. The van der Waals surface area contributed by atoms with Gasteiger partial charge in [0.05, 0.1) is 6.61 Å². The number of aliphatic hydroxyl groups excluding tert-OH is 1. The largest absolute Gasteiger partial charge is 0.395 e. The van der Waals surface area contributed by atoms with Crippen LogP contribution in [0.2, 0.25) is 0 Å². The van der Waals surface area contributed by atoms with E-state index in [-0.39, 0.29) is 18.6 Å². The Morgan fingerprint density at radius 2 is 1.94 bits per heavy atom. The zero-order valence-corrected chi connectivity index (χ0v) is 19.7. The maximum atomic E-state index is 11.2. The quantitative estimate of drug-likeness (QED) is 0.359. The Morgan fingerprint density at radius 3 is 2.50 bits per heavy atom. The van der Waals surface area contributed by atoms with Gasteiger partial charge in [-0.25, -0.2) is 9.97 Å². The van der Waals surface area contributed by atoms with Crippen LogP contribution in [0.1, 0.15) is 32.0 Å². The van der Waals surface area contributed by atoms with E-state index in [1.807, 2.05) is 44.2 Å². The number of hydrogen-bond donors (Lipinski definition) is 4. The van der Waals surface area contributed by atoms with Gasteiger partial charge in [-0.15, -0.1) is 0 Å². The second kappa shape index (κ2) is 10.5. The Kier molecular flexibility index (Phi) is 7.70. The molecule has 0 aliphatic carbocycles. The van der Waals surface area contributed by atoms with Crippen LogP contribution in [0.4, 0.5) is 23.1 Å². The first-order valence-corrected chi connectivity index (χ1v) is 11.2. The minimum absolute atomic E-state index is 0.0238. The number of aromatic nitrogens is 4. The predicted molar refractivity (Wildman–Crippen MR) is 128 cm³/mol. The Balaban J connectivity index is 1.97. The van der Waals surface area contributed by atoms with E-state index in [1.54, 1.807) is 0 Å². The van der Waals surface area contributed by atoms with Crippen molar-refractivity contribution in [3.63, 3.8) is 0 Å². The van der Waals surface area contributed by atoms with Gasteiger partial charge < -0.3 is 20.6 Å². The highest BCUT2D eigenvalue weighted by Crippen LogP contribution is 2.33. The number of amides is 1. The number of aliphatic hydroxyl groups is 1. The molecule has 9 nitrogen and oxygen atoms in total. The highest BCUT2D eigenvalue weighted by atomic mass is 32.2. The third-order valence-electron chi connectivity index (χ3n) is 4.67. The number of H-pyrrole nitrogens is 1. The summed E-state index contributed by atoms with van der Waals surface area (Å²) in [6, 6.07) is 9.57. The van der Waals surface area contributed by atoms with E-state index in [0.717, 1.165) is 27.7 Å².